The van der Waals surface area contributed by atoms with Crippen molar-refractivity contribution in [2.45, 2.75) is 32.2 Å². The van der Waals surface area contributed by atoms with E-state index < -0.39 is 0 Å². The molecule has 1 unspecified atom stereocenters. The molecular weight excluding hydrogens is 242 g/mol. The zero-order chi connectivity index (χ0) is 12.2. The first-order valence-electron chi connectivity index (χ1n) is 6.28. The third-order valence-electron chi connectivity index (χ3n) is 4.56. The van der Waals surface area contributed by atoms with Gasteiger partial charge in [0.05, 0.1) is 0 Å². The fourth-order valence-electron chi connectivity index (χ4n) is 3.13. The van der Waals surface area contributed by atoms with Gasteiger partial charge in [-0.15, -0.1) is 12.4 Å². The monoisotopic (exact) mass is 261 g/mol. The third kappa shape index (κ3) is 1.54. The predicted molar refractivity (Wildman–Crippen MR) is 82.1 cm³/mol. The van der Waals surface area contributed by atoms with Gasteiger partial charge in [0.2, 0.25) is 0 Å². The first-order valence-corrected chi connectivity index (χ1v) is 6.28. The Balaban J connectivity index is 0.00000120. The second kappa shape index (κ2) is 4.17. The third-order valence-corrected chi connectivity index (χ3v) is 4.56. The molecule has 0 aliphatic carbocycles. The van der Waals surface area contributed by atoms with Gasteiger partial charge in [-0.25, -0.2) is 0 Å². The summed E-state index contributed by atoms with van der Waals surface area (Å²) in [5, 5.41) is 2.76. The van der Waals surface area contributed by atoms with Crippen molar-refractivity contribution in [3.63, 3.8) is 0 Å². The van der Waals surface area contributed by atoms with Crippen LogP contribution in [0.25, 0.3) is 10.8 Å². The molecule has 0 radical (unpaired) electrons. The summed E-state index contributed by atoms with van der Waals surface area (Å²) in [6, 6.07) is 13.8. The van der Waals surface area contributed by atoms with Crippen LogP contribution in [0.5, 0.6) is 0 Å². The maximum absolute atomic E-state index is 2.40. The zero-order valence-corrected chi connectivity index (χ0v) is 12.2. The van der Waals surface area contributed by atoms with Crippen LogP contribution in [-0.2, 0) is 5.41 Å². The summed E-state index contributed by atoms with van der Waals surface area (Å²) in [5.74, 6) is 0. The number of fused-ring (bicyclic) bond motifs is 3. The van der Waals surface area contributed by atoms with Crippen molar-refractivity contribution in [2.24, 2.45) is 0 Å². The minimum absolute atomic E-state index is 0. The summed E-state index contributed by atoms with van der Waals surface area (Å²) >= 11 is 0. The van der Waals surface area contributed by atoms with Gasteiger partial charge >= 0.3 is 0 Å². The maximum Gasteiger partial charge on any atom is 0.0411 e. The van der Waals surface area contributed by atoms with Crippen LogP contribution in [0.1, 0.15) is 26.3 Å². The van der Waals surface area contributed by atoms with Crippen LogP contribution in [0.15, 0.2) is 36.4 Å². The molecule has 1 aliphatic rings. The van der Waals surface area contributed by atoms with E-state index in [2.05, 4.69) is 69.1 Å². The molecular formula is C16H20ClN. The van der Waals surface area contributed by atoms with Gasteiger partial charge in [-0.3, -0.25) is 0 Å². The zero-order valence-electron chi connectivity index (χ0n) is 11.4. The number of nitrogens with zero attached hydrogens (tertiary/aromatic N) is 1. The van der Waals surface area contributed by atoms with Crippen LogP contribution in [0, 0.1) is 0 Å². The van der Waals surface area contributed by atoms with Gasteiger partial charge in [0.25, 0.3) is 0 Å². The molecule has 1 nitrogen and oxygen atoms in total. The molecule has 2 aromatic rings. The SMILES string of the molecule is CC1N(C)c2ccc3ccccc3c2C1(C)C.Cl. The number of rotatable bonds is 0. The largest absolute Gasteiger partial charge is 0.371 e. The smallest absolute Gasteiger partial charge is 0.0411 e. The second-order valence-corrected chi connectivity index (χ2v) is 5.69. The molecule has 1 aliphatic heterocycles. The highest BCUT2D eigenvalue weighted by Crippen LogP contribution is 2.47. The maximum atomic E-state index is 2.40. The Morgan fingerprint density at radius 1 is 1.06 bits per heavy atom. The molecule has 2 heteroatoms. The standard InChI is InChI=1S/C16H19N.ClH/c1-11-16(2,3)15-13-8-6-5-7-12(13)9-10-14(15)17(11)4;/h5-11H,1-4H3;1H. The van der Waals surface area contributed by atoms with Crippen molar-refractivity contribution < 1.29 is 0 Å². The molecule has 0 bridgehead atoms. The minimum Gasteiger partial charge on any atom is -0.371 e. The molecule has 96 valence electrons. The number of hydrogen-bond donors (Lipinski definition) is 0. The molecule has 3 rings (SSSR count). The molecule has 2 aromatic carbocycles. The molecule has 0 fully saturated rings. The average molecular weight is 262 g/mol. The van der Waals surface area contributed by atoms with Crippen molar-refractivity contribution in [3.05, 3.63) is 42.0 Å². The summed E-state index contributed by atoms with van der Waals surface area (Å²) in [6.45, 7) is 7.02. The quantitative estimate of drug-likeness (QED) is 0.680. The van der Waals surface area contributed by atoms with Gasteiger partial charge < -0.3 is 4.90 Å². The van der Waals surface area contributed by atoms with E-state index in [4.69, 9.17) is 0 Å². The van der Waals surface area contributed by atoms with Gasteiger partial charge in [-0.2, -0.15) is 0 Å². The number of likely N-dealkylation sites (N-methyl/N-ethyl adjacent to an activating group) is 1. The Bertz CT molecular complexity index is 589. The Morgan fingerprint density at radius 2 is 1.72 bits per heavy atom. The van der Waals surface area contributed by atoms with Crippen molar-refractivity contribution >= 4 is 28.9 Å². The van der Waals surface area contributed by atoms with Crippen LogP contribution >= 0.6 is 12.4 Å². The van der Waals surface area contributed by atoms with Gasteiger partial charge in [-0.1, -0.05) is 44.2 Å². The van der Waals surface area contributed by atoms with E-state index >= 15 is 0 Å². The normalized spacial score (nSPS) is 20.7. The van der Waals surface area contributed by atoms with Crippen LogP contribution < -0.4 is 4.90 Å². The van der Waals surface area contributed by atoms with Gasteiger partial charge in [-0.05, 0) is 29.3 Å². The Labute approximate surface area is 115 Å². The van der Waals surface area contributed by atoms with Crippen molar-refractivity contribution in [3.8, 4) is 0 Å². The summed E-state index contributed by atoms with van der Waals surface area (Å²) in [5.41, 5.74) is 3.11. The van der Waals surface area contributed by atoms with E-state index in [1.54, 1.807) is 0 Å². The second-order valence-electron chi connectivity index (χ2n) is 5.69. The fraction of sp³-hybridized carbons (Fsp3) is 0.375. The lowest BCUT2D eigenvalue weighted by Gasteiger charge is -2.28. The van der Waals surface area contributed by atoms with E-state index in [0.717, 1.165) is 0 Å². The minimum atomic E-state index is 0. The Hall–Kier alpha value is -1.21. The first kappa shape index (κ1) is 13.2. The van der Waals surface area contributed by atoms with Crippen molar-refractivity contribution in [1.29, 1.82) is 0 Å². The average Bonchev–Trinajstić information content (AvgIpc) is 2.51. The molecule has 0 amide bonds. The number of benzene rings is 2. The molecule has 18 heavy (non-hydrogen) atoms. The lowest BCUT2D eigenvalue weighted by molar-refractivity contribution is 0.457. The molecule has 1 atom stereocenters. The van der Waals surface area contributed by atoms with Crippen molar-refractivity contribution in [1.82, 2.24) is 0 Å². The predicted octanol–water partition coefficient (Wildman–Crippen LogP) is 4.38. The van der Waals surface area contributed by atoms with Crippen LogP contribution in [0.4, 0.5) is 5.69 Å². The molecule has 1 heterocycles. The Kier molecular flexibility index (Phi) is 3.06. The highest BCUT2D eigenvalue weighted by atomic mass is 35.5. The fourth-order valence-corrected chi connectivity index (χ4v) is 3.13. The molecule has 0 saturated heterocycles. The van der Waals surface area contributed by atoms with E-state index in [0.29, 0.717) is 6.04 Å². The molecule has 0 N–H and O–H groups in total. The van der Waals surface area contributed by atoms with E-state index in [1.807, 2.05) is 0 Å². The van der Waals surface area contributed by atoms with Crippen LogP contribution in [0.3, 0.4) is 0 Å². The number of hydrogen-bond acceptors (Lipinski definition) is 1. The van der Waals surface area contributed by atoms with Crippen molar-refractivity contribution in [2.75, 3.05) is 11.9 Å². The molecule has 0 saturated carbocycles. The van der Waals surface area contributed by atoms with Crippen LogP contribution in [0.2, 0.25) is 0 Å². The van der Waals surface area contributed by atoms with E-state index in [9.17, 15) is 0 Å². The van der Waals surface area contributed by atoms with Gasteiger partial charge in [0.15, 0.2) is 0 Å². The lowest BCUT2D eigenvalue weighted by Crippen LogP contribution is -2.36. The topological polar surface area (TPSA) is 3.24 Å². The lowest BCUT2D eigenvalue weighted by atomic mass is 9.79. The van der Waals surface area contributed by atoms with Gasteiger partial charge in [0.1, 0.15) is 0 Å². The summed E-state index contributed by atoms with van der Waals surface area (Å²) < 4.78 is 0. The van der Waals surface area contributed by atoms with E-state index in [-0.39, 0.29) is 17.8 Å². The summed E-state index contributed by atoms with van der Waals surface area (Å²) in [4.78, 5) is 2.40. The highest BCUT2D eigenvalue weighted by molar-refractivity contribution is 5.93. The molecule has 0 spiro atoms. The highest BCUT2D eigenvalue weighted by Gasteiger charge is 2.41. The Morgan fingerprint density at radius 3 is 2.44 bits per heavy atom. The summed E-state index contributed by atoms with van der Waals surface area (Å²) in [6.07, 6.45) is 0. The first-order chi connectivity index (χ1) is 8.03. The van der Waals surface area contributed by atoms with Crippen LogP contribution in [-0.4, -0.2) is 13.1 Å². The van der Waals surface area contributed by atoms with E-state index in [1.165, 1.54) is 22.0 Å². The number of anilines is 1. The summed E-state index contributed by atoms with van der Waals surface area (Å²) in [7, 11) is 2.20. The number of halogens is 1. The molecule has 0 aromatic heterocycles. The van der Waals surface area contributed by atoms with Gasteiger partial charge in [0, 0.05) is 24.2 Å².